The van der Waals surface area contributed by atoms with Crippen LogP contribution in [0.5, 0.6) is 0 Å². The van der Waals surface area contributed by atoms with Gasteiger partial charge in [-0.25, -0.2) is 0 Å². The van der Waals surface area contributed by atoms with Crippen LogP contribution < -0.4 is 0 Å². The first-order valence-corrected chi connectivity index (χ1v) is 9.34. The van der Waals surface area contributed by atoms with Crippen LogP contribution in [0.15, 0.2) is 12.2 Å². The Hall–Kier alpha value is -0.710. The van der Waals surface area contributed by atoms with Gasteiger partial charge in [0.25, 0.3) is 0 Å². The van der Waals surface area contributed by atoms with Crippen LogP contribution >= 0.6 is 0 Å². The molecule has 4 saturated carbocycles. The second-order valence-electron chi connectivity index (χ2n) is 9.71. The minimum Gasteiger partial charge on any atom is -0.393 e. The van der Waals surface area contributed by atoms with E-state index in [1.807, 2.05) is 0 Å². The summed E-state index contributed by atoms with van der Waals surface area (Å²) in [4.78, 5) is 12.7. The van der Waals surface area contributed by atoms with E-state index < -0.39 is 23.5 Å². The lowest BCUT2D eigenvalue weighted by atomic mass is 9.40. The molecule has 4 nitrogen and oxygen atoms in total. The zero-order chi connectivity index (χ0) is 17.7. The minimum atomic E-state index is -0.806. The fraction of sp³-hybridized carbons (Fsp3) is 0.850. The van der Waals surface area contributed by atoms with Crippen LogP contribution in [0, 0.1) is 34.0 Å². The summed E-state index contributed by atoms with van der Waals surface area (Å²) in [5, 5.41) is 32.5. The number of Topliss-reactive ketones (excluding diaryl/α,β-unsaturated/α-hetero) is 1. The van der Waals surface area contributed by atoms with Crippen LogP contribution in [0.25, 0.3) is 0 Å². The van der Waals surface area contributed by atoms with Gasteiger partial charge in [-0.3, -0.25) is 4.79 Å². The van der Waals surface area contributed by atoms with Gasteiger partial charge in [0.05, 0.1) is 24.2 Å². The molecule has 4 aliphatic carbocycles. The Kier molecular flexibility index (Phi) is 3.29. The Labute approximate surface area is 144 Å². The van der Waals surface area contributed by atoms with Crippen molar-refractivity contribution in [1.29, 1.82) is 0 Å². The third kappa shape index (κ3) is 1.63. The molecular weight excluding hydrogens is 304 g/mol. The van der Waals surface area contributed by atoms with Gasteiger partial charge in [-0.2, -0.15) is 0 Å². The van der Waals surface area contributed by atoms with Crippen LogP contribution in [-0.2, 0) is 4.79 Å². The number of aliphatic hydroxyl groups is 3. The third-order valence-electron chi connectivity index (χ3n) is 8.70. The van der Waals surface area contributed by atoms with Crippen LogP contribution in [0.3, 0.4) is 0 Å². The van der Waals surface area contributed by atoms with Crippen molar-refractivity contribution < 1.29 is 20.1 Å². The Bertz CT molecular complexity index is 611. The number of hydrogen-bond acceptors (Lipinski definition) is 4. The summed E-state index contributed by atoms with van der Waals surface area (Å²) in [6, 6.07) is 0. The highest BCUT2D eigenvalue weighted by Crippen LogP contribution is 2.71. The highest BCUT2D eigenvalue weighted by molar-refractivity contribution is 5.87. The molecule has 3 N–H and O–H groups in total. The summed E-state index contributed by atoms with van der Waals surface area (Å²) in [6.07, 6.45) is 1.65. The average Bonchev–Trinajstić information content (AvgIpc) is 2.63. The molecule has 4 rings (SSSR count). The van der Waals surface area contributed by atoms with Crippen LogP contribution in [0.4, 0.5) is 0 Å². The monoisotopic (exact) mass is 334 g/mol. The smallest absolute Gasteiger partial charge is 0.143 e. The van der Waals surface area contributed by atoms with E-state index in [0.717, 1.165) is 19.3 Å². The van der Waals surface area contributed by atoms with Gasteiger partial charge in [-0.15, -0.1) is 0 Å². The Morgan fingerprint density at radius 3 is 2.38 bits per heavy atom. The molecule has 4 fully saturated rings. The molecule has 1 spiro atoms. The normalized spacial score (nSPS) is 55.9. The van der Waals surface area contributed by atoms with Crippen LogP contribution in [-0.4, -0.2) is 39.4 Å². The number of carbonyl (C=O) groups is 1. The molecule has 0 aromatic carbocycles. The number of rotatable bonds is 0. The van der Waals surface area contributed by atoms with Gasteiger partial charge in [0, 0.05) is 11.8 Å². The van der Waals surface area contributed by atoms with E-state index in [2.05, 4.69) is 27.4 Å². The number of fused-ring (bicyclic) bond motifs is 3. The first-order valence-electron chi connectivity index (χ1n) is 9.34. The molecule has 4 heteroatoms. The summed E-state index contributed by atoms with van der Waals surface area (Å²) >= 11 is 0. The van der Waals surface area contributed by atoms with E-state index in [1.54, 1.807) is 0 Å². The lowest BCUT2D eigenvalue weighted by Gasteiger charge is -2.65. The van der Waals surface area contributed by atoms with Gasteiger partial charge in [-0.05, 0) is 53.9 Å². The molecule has 0 heterocycles. The number of aliphatic hydroxyl groups excluding tert-OH is 3. The second kappa shape index (κ2) is 4.72. The van der Waals surface area contributed by atoms with E-state index in [1.165, 1.54) is 0 Å². The van der Waals surface area contributed by atoms with Crippen molar-refractivity contribution >= 4 is 5.78 Å². The van der Waals surface area contributed by atoms with E-state index in [4.69, 9.17) is 0 Å². The lowest BCUT2D eigenvalue weighted by Crippen LogP contribution is -2.65. The molecule has 0 amide bonds. The highest BCUT2D eigenvalue weighted by atomic mass is 16.3. The molecule has 0 radical (unpaired) electrons. The number of carbonyl (C=O) groups excluding carboxylic acids is 1. The predicted molar refractivity (Wildman–Crippen MR) is 90.0 cm³/mol. The standard InChI is InChI=1S/C20H30O4/c1-10-15-11(21)9-13-19(4)7-6-14(22)18(2,3)12(19)5-8-20(13,16(10)23)17(15)24/h12-17,22-24H,1,5-9H2,2-4H3/t12-,13+,14+,15-,16-,17-,19-,20-/m1/s1. The first kappa shape index (κ1) is 16.7. The molecule has 0 saturated heterocycles. The quantitative estimate of drug-likeness (QED) is 0.593. The summed E-state index contributed by atoms with van der Waals surface area (Å²) in [5.74, 6) is -0.292. The maximum Gasteiger partial charge on any atom is 0.143 e. The number of ketones is 1. The summed E-state index contributed by atoms with van der Waals surface area (Å²) < 4.78 is 0. The molecule has 0 aromatic rings. The van der Waals surface area contributed by atoms with Gasteiger partial charge in [0.1, 0.15) is 5.78 Å². The van der Waals surface area contributed by atoms with Crippen LogP contribution in [0.1, 0.15) is 52.9 Å². The van der Waals surface area contributed by atoms with Gasteiger partial charge < -0.3 is 15.3 Å². The summed E-state index contributed by atoms with van der Waals surface area (Å²) in [5.41, 5.74) is -0.458. The molecule has 0 aliphatic heterocycles. The lowest BCUT2D eigenvalue weighted by molar-refractivity contribution is -0.220. The summed E-state index contributed by atoms with van der Waals surface area (Å²) in [6.45, 7) is 10.4. The first-order chi connectivity index (χ1) is 11.1. The fourth-order valence-corrected chi connectivity index (χ4v) is 7.38. The Balaban J connectivity index is 1.84. The topological polar surface area (TPSA) is 77.8 Å². The molecule has 2 bridgehead atoms. The minimum absolute atomic E-state index is 0.0375. The van der Waals surface area contributed by atoms with Gasteiger partial charge in [0.15, 0.2) is 0 Å². The second-order valence-corrected chi connectivity index (χ2v) is 9.71. The summed E-state index contributed by atoms with van der Waals surface area (Å²) in [7, 11) is 0. The molecule has 8 atom stereocenters. The zero-order valence-corrected chi connectivity index (χ0v) is 15.0. The Morgan fingerprint density at radius 2 is 1.71 bits per heavy atom. The van der Waals surface area contributed by atoms with Crippen molar-refractivity contribution in [2.75, 3.05) is 0 Å². The van der Waals surface area contributed by atoms with Crippen molar-refractivity contribution in [1.82, 2.24) is 0 Å². The van der Waals surface area contributed by atoms with E-state index in [-0.39, 0.29) is 28.6 Å². The average molecular weight is 334 g/mol. The SMILES string of the molecule is C=C1[C@@H]2C(=O)C[C@H]3[C@]4(C)CC[C@H](O)C(C)(C)[C@H]4CC[C@@]3([C@@H]1O)[C@@H]2O. The number of hydrogen-bond donors (Lipinski definition) is 3. The van der Waals surface area contributed by atoms with Crippen molar-refractivity contribution in [3.05, 3.63) is 12.2 Å². The molecule has 134 valence electrons. The van der Waals surface area contributed by atoms with Crippen molar-refractivity contribution in [3.63, 3.8) is 0 Å². The van der Waals surface area contributed by atoms with Crippen molar-refractivity contribution in [2.45, 2.75) is 71.2 Å². The highest BCUT2D eigenvalue weighted by Gasteiger charge is 2.72. The van der Waals surface area contributed by atoms with E-state index in [0.29, 0.717) is 24.3 Å². The van der Waals surface area contributed by atoms with Crippen molar-refractivity contribution in [3.8, 4) is 0 Å². The maximum atomic E-state index is 12.7. The predicted octanol–water partition coefficient (Wildman–Crippen LogP) is 2.07. The molecule has 24 heavy (non-hydrogen) atoms. The van der Waals surface area contributed by atoms with Gasteiger partial charge >= 0.3 is 0 Å². The van der Waals surface area contributed by atoms with Crippen molar-refractivity contribution in [2.24, 2.45) is 34.0 Å². The van der Waals surface area contributed by atoms with E-state index in [9.17, 15) is 20.1 Å². The van der Waals surface area contributed by atoms with E-state index >= 15 is 0 Å². The van der Waals surface area contributed by atoms with Gasteiger partial charge in [-0.1, -0.05) is 27.4 Å². The third-order valence-corrected chi connectivity index (χ3v) is 8.70. The van der Waals surface area contributed by atoms with Crippen LogP contribution in [0.2, 0.25) is 0 Å². The maximum absolute atomic E-state index is 12.7. The largest absolute Gasteiger partial charge is 0.393 e. The van der Waals surface area contributed by atoms with Gasteiger partial charge in [0.2, 0.25) is 0 Å². The Morgan fingerprint density at radius 1 is 1.04 bits per heavy atom. The molecular formula is C20H30O4. The zero-order valence-electron chi connectivity index (χ0n) is 15.0. The fourth-order valence-electron chi connectivity index (χ4n) is 7.38. The molecule has 0 unspecified atom stereocenters. The molecule has 0 aromatic heterocycles. The molecule has 4 aliphatic rings.